The summed E-state index contributed by atoms with van der Waals surface area (Å²) in [6, 6.07) is 7.31. The average Bonchev–Trinajstić information content (AvgIpc) is 3.08. The number of nitrogens with zero attached hydrogens (tertiary/aromatic N) is 2. The molecule has 2 aromatic rings. The zero-order valence-corrected chi connectivity index (χ0v) is 9.85. The van der Waals surface area contributed by atoms with E-state index in [4.69, 9.17) is 20.9 Å². The molecule has 17 heavy (non-hydrogen) atoms. The predicted molar refractivity (Wildman–Crippen MR) is 62.1 cm³/mol. The molecular weight excluding hydrogens is 240 g/mol. The first kappa shape index (κ1) is 10.6. The first-order valence-electron chi connectivity index (χ1n) is 5.53. The van der Waals surface area contributed by atoms with E-state index in [2.05, 4.69) is 10.1 Å². The number of hydrogen-bond acceptors (Lipinski definition) is 4. The Morgan fingerprint density at radius 2 is 2.18 bits per heavy atom. The van der Waals surface area contributed by atoms with Gasteiger partial charge in [0.25, 0.3) is 0 Å². The number of ether oxygens (including phenoxy) is 1. The number of rotatable bonds is 4. The highest BCUT2D eigenvalue weighted by Crippen LogP contribution is 2.38. The molecule has 1 aromatic heterocycles. The van der Waals surface area contributed by atoms with E-state index in [-0.39, 0.29) is 6.61 Å². The molecule has 1 heterocycles. The second-order valence-electron chi connectivity index (χ2n) is 4.04. The third-order valence-corrected chi connectivity index (χ3v) is 2.92. The molecule has 88 valence electrons. The molecule has 0 aliphatic heterocycles. The minimum absolute atomic E-state index is 0.278. The SMILES string of the molecule is Clc1ccccc1OCc1noc(C2CC2)n1. The van der Waals surface area contributed by atoms with Crippen LogP contribution in [0, 0.1) is 0 Å². The third-order valence-electron chi connectivity index (χ3n) is 2.60. The van der Waals surface area contributed by atoms with E-state index in [0.29, 0.717) is 22.5 Å². The fourth-order valence-electron chi connectivity index (χ4n) is 1.53. The molecule has 1 aliphatic carbocycles. The molecule has 0 N–H and O–H groups in total. The van der Waals surface area contributed by atoms with Crippen molar-refractivity contribution in [3.8, 4) is 5.75 Å². The fourth-order valence-corrected chi connectivity index (χ4v) is 1.72. The topological polar surface area (TPSA) is 48.2 Å². The van der Waals surface area contributed by atoms with Gasteiger partial charge in [-0.25, -0.2) is 0 Å². The van der Waals surface area contributed by atoms with Gasteiger partial charge >= 0.3 is 0 Å². The second kappa shape index (κ2) is 4.37. The van der Waals surface area contributed by atoms with Crippen LogP contribution >= 0.6 is 11.6 Å². The molecule has 1 saturated carbocycles. The van der Waals surface area contributed by atoms with Crippen LogP contribution < -0.4 is 4.74 Å². The van der Waals surface area contributed by atoms with Crippen LogP contribution in [0.1, 0.15) is 30.5 Å². The Balaban J connectivity index is 1.65. The molecule has 0 saturated heterocycles. The minimum atomic E-state index is 0.278. The van der Waals surface area contributed by atoms with Gasteiger partial charge in [0.1, 0.15) is 5.75 Å². The van der Waals surface area contributed by atoms with E-state index >= 15 is 0 Å². The van der Waals surface area contributed by atoms with Crippen LogP contribution in [0.4, 0.5) is 0 Å². The van der Waals surface area contributed by atoms with Crippen molar-refractivity contribution in [2.24, 2.45) is 0 Å². The van der Waals surface area contributed by atoms with Gasteiger partial charge in [0.15, 0.2) is 6.61 Å². The van der Waals surface area contributed by atoms with Crippen LogP contribution in [0.2, 0.25) is 5.02 Å². The van der Waals surface area contributed by atoms with Crippen molar-refractivity contribution in [3.63, 3.8) is 0 Å². The van der Waals surface area contributed by atoms with Crippen LogP contribution in [-0.4, -0.2) is 10.1 Å². The summed E-state index contributed by atoms with van der Waals surface area (Å²) >= 11 is 5.97. The van der Waals surface area contributed by atoms with Crippen molar-refractivity contribution in [3.05, 3.63) is 41.0 Å². The Bertz CT molecular complexity index is 523. The third kappa shape index (κ3) is 2.42. The predicted octanol–water partition coefficient (Wildman–Crippen LogP) is 3.18. The van der Waals surface area contributed by atoms with Crippen molar-refractivity contribution >= 4 is 11.6 Å². The Morgan fingerprint density at radius 1 is 1.35 bits per heavy atom. The maximum atomic E-state index is 5.97. The smallest absolute Gasteiger partial charge is 0.229 e. The molecule has 0 amide bonds. The Morgan fingerprint density at radius 3 is 2.94 bits per heavy atom. The number of benzene rings is 1. The zero-order chi connectivity index (χ0) is 11.7. The maximum Gasteiger partial charge on any atom is 0.229 e. The normalized spacial score (nSPS) is 14.9. The van der Waals surface area contributed by atoms with E-state index in [1.54, 1.807) is 6.07 Å². The molecule has 4 nitrogen and oxygen atoms in total. The van der Waals surface area contributed by atoms with Gasteiger partial charge < -0.3 is 9.26 Å². The summed E-state index contributed by atoms with van der Waals surface area (Å²) in [5.41, 5.74) is 0. The first-order valence-corrected chi connectivity index (χ1v) is 5.90. The average molecular weight is 251 g/mol. The first-order chi connectivity index (χ1) is 8.33. The Labute approximate surface area is 104 Å². The number of halogens is 1. The standard InChI is InChI=1S/C12H11ClN2O2/c13-9-3-1-2-4-10(9)16-7-11-14-12(17-15-11)8-5-6-8/h1-4,8H,5-7H2. The van der Waals surface area contributed by atoms with Gasteiger partial charge in [-0.05, 0) is 25.0 Å². The van der Waals surface area contributed by atoms with Gasteiger partial charge in [-0.1, -0.05) is 28.9 Å². The molecule has 1 fully saturated rings. The summed E-state index contributed by atoms with van der Waals surface area (Å²) in [6.07, 6.45) is 2.29. The zero-order valence-electron chi connectivity index (χ0n) is 9.10. The van der Waals surface area contributed by atoms with E-state index < -0.39 is 0 Å². The summed E-state index contributed by atoms with van der Waals surface area (Å²) in [5, 5.41) is 4.45. The van der Waals surface area contributed by atoms with Crippen LogP contribution in [0.3, 0.4) is 0 Å². The number of para-hydroxylation sites is 1. The molecular formula is C12H11ClN2O2. The fraction of sp³-hybridized carbons (Fsp3) is 0.333. The van der Waals surface area contributed by atoms with Gasteiger partial charge in [-0.3, -0.25) is 0 Å². The van der Waals surface area contributed by atoms with E-state index in [1.807, 2.05) is 18.2 Å². The second-order valence-corrected chi connectivity index (χ2v) is 4.45. The maximum absolute atomic E-state index is 5.97. The minimum Gasteiger partial charge on any atom is -0.484 e. The lowest BCUT2D eigenvalue weighted by Gasteiger charge is -2.04. The number of hydrogen-bond donors (Lipinski definition) is 0. The molecule has 3 rings (SSSR count). The van der Waals surface area contributed by atoms with Gasteiger partial charge in [0.2, 0.25) is 11.7 Å². The van der Waals surface area contributed by atoms with Crippen LogP contribution in [0.15, 0.2) is 28.8 Å². The molecule has 0 radical (unpaired) electrons. The van der Waals surface area contributed by atoms with E-state index in [9.17, 15) is 0 Å². The summed E-state index contributed by atoms with van der Waals surface area (Å²) in [6.45, 7) is 0.278. The van der Waals surface area contributed by atoms with Crippen molar-refractivity contribution in [1.29, 1.82) is 0 Å². The molecule has 1 aromatic carbocycles. The molecule has 0 unspecified atom stereocenters. The van der Waals surface area contributed by atoms with Crippen molar-refractivity contribution in [2.45, 2.75) is 25.4 Å². The Kier molecular flexibility index (Phi) is 2.73. The van der Waals surface area contributed by atoms with Gasteiger partial charge in [0.05, 0.1) is 5.02 Å². The quantitative estimate of drug-likeness (QED) is 0.836. The summed E-state index contributed by atoms with van der Waals surface area (Å²) in [4.78, 5) is 4.27. The van der Waals surface area contributed by atoms with Crippen LogP contribution in [0.25, 0.3) is 0 Å². The lowest BCUT2D eigenvalue weighted by Crippen LogP contribution is -1.98. The monoisotopic (exact) mass is 250 g/mol. The Hall–Kier alpha value is -1.55. The highest BCUT2D eigenvalue weighted by Gasteiger charge is 2.29. The highest BCUT2D eigenvalue weighted by molar-refractivity contribution is 6.32. The van der Waals surface area contributed by atoms with E-state index in [0.717, 1.165) is 18.7 Å². The van der Waals surface area contributed by atoms with Gasteiger partial charge in [0, 0.05) is 5.92 Å². The molecule has 0 spiro atoms. The van der Waals surface area contributed by atoms with E-state index in [1.165, 1.54) is 0 Å². The van der Waals surface area contributed by atoms with Crippen LogP contribution in [0.5, 0.6) is 5.75 Å². The largest absolute Gasteiger partial charge is 0.484 e. The molecule has 0 atom stereocenters. The number of aromatic nitrogens is 2. The van der Waals surface area contributed by atoms with Gasteiger partial charge in [-0.15, -0.1) is 0 Å². The molecule has 5 heteroatoms. The lowest BCUT2D eigenvalue weighted by molar-refractivity contribution is 0.285. The van der Waals surface area contributed by atoms with Crippen molar-refractivity contribution in [2.75, 3.05) is 0 Å². The highest BCUT2D eigenvalue weighted by atomic mass is 35.5. The summed E-state index contributed by atoms with van der Waals surface area (Å²) in [5.74, 6) is 2.39. The summed E-state index contributed by atoms with van der Waals surface area (Å²) < 4.78 is 10.7. The van der Waals surface area contributed by atoms with Gasteiger partial charge in [-0.2, -0.15) is 4.98 Å². The van der Waals surface area contributed by atoms with Crippen molar-refractivity contribution < 1.29 is 9.26 Å². The lowest BCUT2D eigenvalue weighted by atomic mass is 10.3. The van der Waals surface area contributed by atoms with Crippen molar-refractivity contribution in [1.82, 2.24) is 10.1 Å². The summed E-state index contributed by atoms with van der Waals surface area (Å²) in [7, 11) is 0. The molecule has 0 bridgehead atoms. The van der Waals surface area contributed by atoms with Crippen LogP contribution in [-0.2, 0) is 6.61 Å². The molecule has 1 aliphatic rings.